The van der Waals surface area contributed by atoms with Gasteiger partial charge >= 0.3 is 0 Å². The van der Waals surface area contributed by atoms with Crippen LogP contribution in [0.15, 0.2) is 36.5 Å². The number of methoxy groups -OCH3 is 1. The number of rotatable bonds is 9. The van der Waals surface area contributed by atoms with Crippen molar-refractivity contribution in [3.05, 3.63) is 47.8 Å². The predicted molar refractivity (Wildman–Crippen MR) is 92.6 cm³/mol. The maximum Gasteiger partial charge on any atom is 0.254 e. The lowest BCUT2D eigenvalue weighted by Gasteiger charge is -2.10. The van der Waals surface area contributed by atoms with Crippen LogP contribution >= 0.6 is 0 Å². The van der Waals surface area contributed by atoms with Gasteiger partial charge < -0.3 is 15.4 Å². The van der Waals surface area contributed by atoms with Crippen LogP contribution in [0.5, 0.6) is 0 Å². The van der Waals surface area contributed by atoms with Crippen molar-refractivity contribution in [1.82, 2.24) is 20.4 Å². The van der Waals surface area contributed by atoms with Crippen LogP contribution in [0.4, 0.5) is 0 Å². The van der Waals surface area contributed by atoms with Crippen LogP contribution in [-0.4, -0.2) is 49.0 Å². The molecule has 0 aliphatic heterocycles. The standard InChI is InChI=1S/C18H24N4O2/c1-24-12-11-19-9-10-20-18(23)16-13-21-22(17(16)14-7-8-14)15-5-3-2-4-6-15/h2-6,13-14,19H,7-12H2,1H3,(H,20,23). The van der Waals surface area contributed by atoms with Gasteiger partial charge in [-0.25, -0.2) is 4.68 Å². The Labute approximate surface area is 142 Å². The molecule has 128 valence electrons. The molecule has 1 aromatic heterocycles. The van der Waals surface area contributed by atoms with Gasteiger partial charge in [0.05, 0.1) is 29.7 Å². The molecule has 1 aliphatic carbocycles. The third-order valence-electron chi connectivity index (χ3n) is 4.09. The monoisotopic (exact) mass is 328 g/mol. The minimum atomic E-state index is -0.0485. The topological polar surface area (TPSA) is 68.2 Å². The first-order valence-corrected chi connectivity index (χ1v) is 8.42. The second-order valence-electron chi connectivity index (χ2n) is 5.96. The molecule has 0 atom stereocenters. The van der Waals surface area contributed by atoms with Gasteiger partial charge in [0.15, 0.2) is 0 Å². The molecule has 0 bridgehead atoms. The molecule has 24 heavy (non-hydrogen) atoms. The third-order valence-corrected chi connectivity index (χ3v) is 4.09. The molecule has 0 spiro atoms. The SMILES string of the molecule is COCCNCCNC(=O)c1cnn(-c2ccccc2)c1C1CC1. The smallest absolute Gasteiger partial charge is 0.254 e. The highest BCUT2D eigenvalue weighted by Gasteiger charge is 2.32. The van der Waals surface area contributed by atoms with Crippen LogP contribution in [0.3, 0.4) is 0 Å². The summed E-state index contributed by atoms with van der Waals surface area (Å²) >= 11 is 0. The second-order valence-corrected chi connectivity index (χ2v) is 5.96. The summed E-state index contributed by atoms with van der Waals surface area (Å²) in [5.41, 5.74) is 2.73. The molecular formula is C18H24N4O2. The average molecular weight is 328 g/mol. The first-order chi connectivity index (χ1) is 11.8. The van der Waals surface area contributed by atoms with E-state index in [0.29, 0.717) is 24.6 Å². The summed E-state index contributed by atoms with van der Waals surface area (Å²) in [6.07, 6.45) is 3.93. The summed E-state index contributed by atoms with van der Waals surface area (Å²) in [5.74, 6) is 0.390. The Bertz CT molecular complexity index is 665. The molecule has 1 amide bonds. The van der Waals surface area contributed by atoms with E-state index in [1.54, 1.807) is 13.3 Å². The van der Waals surface area contributed by atoms with E-state index in [1.165, 1.54) is 0 Å². The van der Waals surface area contributed by atoms with Crippen molar-refractivity contribution in [2.75, 3.05) is 33.4 Å². The number of hydrogen-bond acceptors (Lipinski definition) is 4. The van der Waals surface area contributed by atoms with Crippen LogP contribution < -0.4 is 10.6 Å². The minimum absolute atomic E-state index is 0.0485. The first-order valence-electron chi connectivity index (χ1n) is 8.42. The summed E-state index contributed by atoms with van der Waals surface area (Å²) in [6.45, 7) is 2.76. The number of aromatic nitrogens is 2. The number of para-hydroxylation sites is 1. The van der Waals surface area contributed by atoms with Gasteiger partial charge in [0.1, 0.15) is 0 Å². The van der Waals surface area contributed by atoms with E-state index in [0.717, 1.165) is 37.3 Å². The Balaban J connectivity index is 1.65. The number of carbonyl (C=O) groups excluding carboxylic acids is 1. The lowest BCUT2D eigenvalue weighted by atomic mass is 10.1. The third kappa shape index (κ3) is 4.01. The van der Waals surface area contributed by atoms with Crippen LogP contribution in [0.1, 0.15) is 34.8 Å². The van der Waals surface area contributed by atoms with Crippen molar-refractivity contribution in [2.45, 2.75) is 18.8 Å². The molecular weight excluding hydrogens is 304 g/mol. The molecule has 6 heteroatoms. The zero-order valence-electron chi connectivity index (χ0n) is 14.0. The van der Waals surface area contributed by atoms with Gasteiger partial charge in [0, 0.05) is 32.7 Å². The fraction of sp³-hybridized carbons (Fsp3) is 0.444. The predicted octanol–water partition coefficient (Wildman–Crippen LogP) is 1.72. The van der Waals surface area contributed by atoms with Crippen LogP contribution in [0.25, 0.3) is 5.69 Å². The van der Waals surface area contributed by atoms with Gasteiger partial charge in [0.25, 0.3) is 5.91 Å². The first kappa shape index (κ1) is 16.7. The minimum Gasteiger partial charge on any atom is -0.383 e. The summed E-state index contributed by atoms with van der Waals surface area (Å²) in [4.78, 5) is 12.5. The van der Waals surface area contributed by atoms with Crippen molar-refractivity contribution in [3.63, 3.8) is 0 Å². The van der Waals surface area contributed by atoms with E-state index in [4.69, 9.17) is 4.74 Å². The Hall–Kier alpha value is -2.18. The maximum atomic E-state index is 12.5. The molecule has 0 radical (unpaired) electrons. The van der Waals surface area contributed by atoms with Gasteiger partial charge in [0.2, 0.25) is 0 Å². The number of nitrogens with zero attached hydrogens (tertiary/aromatic N) is 2. The number of carbonyl (C=O) groups is 1. The highest BCUT2D eigenvalue weighted by Crippen LogP contribution is 2.42. The van der Waals surface area contributed by atoms with Crippen LogP contribution in [0, 0.1) is 0 Å². The number of hydrogen-bond donors (Lipinski definition) is 2. The number of ether oxygens (including phenoxy) is 1. The summed E-state index contributed by atoms with van der Waals surface area (Å²) in [5, 5.41) is 10.6. The lowest BCUT2D eigenvalue weighted by Crippen LogP contribution is -2.33. The second kappa shape index (κ2) is 8.08. The molecule has 0 saturated heterocycles. The van der Waals surface area contributed by atoms with E-state index < -0.39 is 0 Å². The molecule has 2 aromatic rings. The van der Waals surface area contributed by atoms with E-state index >= 15 is 0 Å². The number of nitrogens with one attached hydrogen (secondary N) is 2. The summed E-state index contributed by atoms with van der Waals surface area (Å²) in [7, 11) is 1.67. The zero-order valence-corrected chi connectivity index (χ0v) is 14.0. The van der Waals surface area contributed by atoms with Crippen LogP contribution in [0.2, 0.25) is 0 Å². The zero-order chi connectivity index (χ0) is 16.8. The van der Waals surface area contributed by atoms with Crippen molar-refractivity contribution < 1.29 is 9.53 Å². The maximum absolute atomic E-state index is 12.5. The van der Waals surface area contributed by atoms with E-state index in [2.05, 4.69) is 15.7 Å². The highest BCUT2D eigenvalue weighted by atomic mass is 16.5. The van der Waals surface area contributed by atoms with Crippen LogP contribution in [-0.2, 0) is 4.74 Å². The Morgan fingerprint density at radius 3 is 2.75 bits per heavy atom. The van der Waals surface area contributed by atoms with Crippen molar-refractivity contribution in [1.29, 1.82) is 0 Å². The average Bonchev–Trinajstić information content (AvgIpc) is 3.36. The van der Waals surface area contributed by atoms with E-state index in [9.17, 15) is 4.79 Å². The number of amides is 1. The lowest BCUT2D eigenvalue weighted by molar-refractivity contribution is 0.0952. The molecule has 1 aliphatic rings. The number of benzene rings is 1. The van der Waals surface area contributed by atoms with Gasteiger partial charge in [-0.2, -0.15) is 5.10 Å². The van der Waals surface area contributed by atoms with Crippen molar-refractivity contribution in [3.8, 4) is 5.69 Å². The Kier molecular flexibility index (Phi) is 5.61. The Morgan fingerprint density at radius 1 is 1.25 bits per heavy atom. The molecule has 3 rings (SSSR count). The molecule has 6 nitrogen and oxygen atoms in total. The molecule has 2 N–H and O–H groups in total. The molecule has 1 aromatic carbocycles. The highest BCUT2D eigenvalue weighted by molar-refractivity contribution is 5.95. The normalized spacial score (nSPS) is 13.9. The largest absolute Gasteiger partial charge is 0.383 e. The van der Waals surface area contributed by atoms with Crippen molar-refractivity contribution >= 4 is 5.91 Å². The van der Waals surface area contributed by atoms with E-state index in [1.807, 2.05) is 35.0 Å². The van der Waals surface area contributed by atoms with Gasteiger partial charge in [-0.15, -0.1) is 0 Å². The fourth-order valence-corrected chi connectivity index (χ4v) is 2.72. The Morgan fingerprint density at radius 2 is 2.04 bits per heavy atom. The molecule has 1 heterocycles. The van der Waals surface area contributed by atoms with Gasteiger partial charge in [-0.3, -0.25) is 4.79 Å². The summed E-state index contributed by atoms with van der Waals surface area (Å²) in [6, 6.07) is 9.98. The molecule has 1 saturated carbocycles. The van der Waals surface area contributed by atoms with Crippen molar-refractivity contribution in [2.24, 2.45) is 0 Å². The van der Waals surface area contributed by atoms with Gasteiger partial charge in [-0.05, 0) is 25.0 Å². The molecule has 0 unspecified atom stereocenters. The van der Waals surface area contributed by atoms with Gasteiger partial charge in [-0.1, -0.05) is 18.2 Å². The quantitative estimate of drug-likeness (QED) is 0.688. The molecule has 1 fully saturated rings. The summed E-state index contributed by atoms with van der Waals surface area (Å²) < 4.78 is 6.88. The van der Waals surface area contributed by atoms with E-state index in [-0.39, 0.29) is 5.91 Å². The fourth-order valence-electron chi connectivity index (χ4n) is 2.72.